The van der Waals surface area contributed by atoms with Crippen LogP contribution in [0.15, 0.2) is 66.7 Å². The van der Waals surface area contributed by atoms with Crippen LogP contribution in [0.2, 0.25) is 0 Å². The summed E-state index contributed by atoms with van der Waals surface area (Å²) in [6.45, 7) is 1.22. The van der Waals surface area contributed by atoms with E-state index in [4.69, 9.17) is 18.9 Å². The highest BCUT2D eigenvalue weighted by molar-refractivity contribution is 5.96. The first-order valence-corrected chi connectivity index (χ1v) is 10.7. The van der Waals surface area contributed by atoms with E-state index in [0.717, 1.165) is 5.56 Å². The van der Waals surface area contributed by atoms with E-state index in [-0.39, 0.29) is 29.6 Å². The molecule has 0 unspecified atom stereocenters. The molecule has 2 N–H and O–H groups in total. The van der Waals surface area contributed by atoms with Crippen molar-refractivity contribution < 1.29 is 33.3 Å². The van der Waals surface area contributed by atoms with Gasteiger partial charge in [-0.1, -0.05) is 17.7 Å². The fraction of sp³-hybridized carbons (Fsp3) is 0.192. The van der Waals surface area contributed by atoms with Crippen LogP contribution >= 0.6 is 0 Å². The zero-order valence-corrected chi connectivity index (χ0v) is 19.6. The molecule has 3 aromatic rings. The zero-order valence-electron chi connectivity index (χ0n) is 19.6. The Labute approximate surface area is 203 Å². The van der Waals surface area contributed by atoms with Crippen LogP contribution in [0.25, 0.3) is 0 Å². The maximum atomic E-state index is 12.4. The Balaban J connectivity index is 1.51. The van der Waals surface area contributed by atoms with Crippen molar-refractivity contribution in [3.05, 3.63) is 77.9 Å². The van der Waals surface area contributed by atoms with E-state index >= 15 is 0 Å². The van der Waals surface area contributed by atoms with Crippen LogP contribution in [0.4, 0.5) is 11.4 Å². The molecule has 0 heterocycles. The first-order chi connectivity index (χ1) is 16.9. The van der Waals surface area contributed by atoms with Gasteiger partial charge in [-0.2, -0.15) is 0 Å². The molecule has 0 saturated heterocycles. The molecule has 35 heavy (non-hydrogen) atoms. The summed E-state index contributed by atoms with van der Waals surface area (Å²) in [5.41, 5.74) is 2.43. The average Bonchev–Trinajstić information content (AvgIpc) is 2.87. The molecule has 0 saturated carbocycles. The van der Waals surface area contributed by atoms with Crippen molar-refractivity contribution in [3.63, 3.8) is 0 Å². The van der Waals surface area contributed by atoms with Crippen molar-refractivity contribution >= 4 is 29.2 Å². The number of rotatable bonds is 10. The summed E-state index contributed by atoms with van der Waals surface area (Å²) in [7, 11) is 2.97. The van der Waals surface area contributed by atoms with Gasteiger partial charge in [-0.15, -0.1) is 0 Å². The van der Waals surface area contributed by atoms with Gasteiger partial charge in [0.25, 0.3) is 11.8 Å². The molecular weight excluding hydrogens is 452 g/mol. The van der Waals surface area contributed by atoms with Gasteiger partial charge in [0.2, 0.25) is 0 Å². The number of benzene rings is 3. The summed E-state index contributed by atoms with van der Waals surface area (Å²) in [6.07, 6.45) is 0. The van der Waals surface area contributed by atoms with E-state index in [1.807, 2.05) is 19.1 Å². The van der Waals surface area contributed by atoms with E-state index in [1.54, 1.807) is 43.5 Å². The number of hydrogen-bond donors (Lipinski definition) is 2. The van der Waals surface area contributed by atoms with Crippen molar-refractivity contribution in [1.29, 1.82) is 0 Å². The SMILES string of the molecule is COc1ccc(NC(=O)COc2ccc(C(=O)OCC(=O)Nc3ccc(C)cc3)cc2OC)cc1. The number of anilines is 2. The number of ether oxygens (including phenoxy) is 4. The molecule has 2 amide bonds. The summed E-state index contributed by atoms with van der Waals surface area (Å²) < 4.78 is 21.0. The highest BCUT2D eigenvalue weighted by Crippen LogP contribution is 2.28. The smallest absolute Gasteiger partial charge is 0.338 e. The van der Waals surface area contributed by atoms with Crippen molar-refractivity contribution in [3.8, 4) is 17.2 Å². The second-order valence-electron chi connectivity index (χ2n) is 7.42. The number of carbonyl (C=O) groups excluding carboxylic acids is 3. The molecule has 182 valence electrons. The molecule has 9 nitrogen and oxygen atoms in total. The zero-order chi connectivity index (χ0) is 25.2. The summed E-state index contributed by atoms with van der Waals surface area (Å²) in [5.74, 6) is -0.357. The van der Waals surface area contributed by atoms with Crippen LogP contribution in [-0.2, 0) is 14.3 Å². The van der Waals surface area contributed by atoms with Crippen LogP contribution < -0.4 is 24.8 Å². The largest absolute Gasteiger partial charge is 0.497 e. The third kappa shape index (κ3) is 7.50. The van der Waals surface area contributed by atoms with Gasteiger partial charge in [0, 0.05) is 11.4 Å². The molecule has 0 aliphatic heterocycles. The minimum atomic E-state index is -0.703. The summed E-state index contributed by atoms with van der Waals surface area (Å²) >= 11 is 0. The van der Waals surface area contributed by atoms with E-state index in [0.29, 0.717) is 17.1 Å². The van der Waals surface area contributed by atoms with Crippen LogP contribution in [0, 0.1) is 6.92 Å². The Hall–Kier alpha value is -4.53. The molecule has 0 spiro atoms. The molecule has 0 bridgehead atoms. The topological polar surface area (TPSA) is 112 Å². The van der Waals surface area contributed by atoms with Crippen LogP contribution in [-0.4, -0.2) is 45.2 Å². The van der Waals surface area contributed by atoms with Gasteiger partial charge in [-0.3, -0.25) is 9.59 Å². The van der Waals surface area contributed by atoms with Crippen LogP contribution in [0.5, 0.6) is 17.2 Å². The molecule has 0 aromatic heterocycles. The minimum Gasteiger partial charge on any atom is -0.497 e. The Bertz CT molecular complexity index is 1180. The van der Waals surface area contributed by atoms with Gasteiger partial charge in [0.1, 0.15) is 5.75 Å². The summed E-state index contributed by atoms with van der Waals surface area (Å²) in [6, 6.07) is 18.5. The number of hydrogen-bond acceptors (Lipinski definition) is 7. The van der Waals surface area contributed by atoms with Crippen molar-refractivity contribution in [2.24, 2.45) is 0 Å². The van der Waals surface area contributed by atoms with Crippen molar-refractivity contribution in [1.82, 2.24) is 0 Å². The van der Waals surface area contributed by atoms with Crippen molar-refractivity contribution in [2.45, 2.75) is 6.92 Å². The van der Waals surface area contributed by atoms with E-state index in [1.165, 1.54) is 25.3 Å². The maximum Gasteiger partial charge on any atom is 0.338 e. The fourth-order valence-electron chi connectivity index (χ4n) is 2.98. The Kier molecular flexibility index (Phi) is 8.66. The number of aryl methyl sites for hydroxylation is 1. The lowest BCUT2D eigenvalue weighted by Gasteiger charge is -2.12. The lowest BCUT2D eigenvalue weighted by Crippen LogP contribution is -2.21. The second-order valence-corrected chi connectivity index (χ2v) is 7.42. The number of amides is 2. The van der Waals surface area contributed by atoms with Gasteiger partial charge in [-0.05, 0) is 61.5 Å². The molecular formula is C26H26N2O7. The van der Waals surface area contributed by atoms with E-state index in [2.05, 4.69) is 10.6 Å². The van der Waals surface area contributed by atoms with E-state index in [9.17, 15) is 14.4 Å². The highest BCUT2D eigenvalue weighted by atomic mass is 16.5. The van der Waals surface area contributed by atoms with Crippen LogP contribution in [0.1, 0.15) is 15.9 Å². The monoisotopic (exact) mass is 478 g/mol. The lowest BCUT2D eigenvalue weighted by atomic mass is 10.2. The maximum absolute atomic E-state index is 12.4. The Morgan fingerprint density at radius 2 is 1.31 bits per heavy atom. The number of methoxy groups -OCH3 is 2. The Morgan fingerprint density at radius 3 is 1.91 bits per heavy atom. The van der Waals surface area contributed by atoms with Crippen molar-refractivity contribution in [2.75, 3.05) is 38.1 Å². The van der Waals surface area contributed by atoms with E-state index < -0.39 is 18.5 Å². The quantitative estimate of drug-likeness (QED) is 0.426. The highest BCUT2D eigenvalue weighted by Gasteiger charge is 2.15. The fourth-order valence-corrected chi connectivity index (χ4v) is 2.98. The molecule has 0 aliphatic carbocycles. The molecule has 9 heteroatoms. The van der Waals surface area contributed by atoms with Gasteiger partial charge >= 0.3 is 5.97 Å². The lowest BCUT2D eigenvalue weighted by molar-refractivity contribution is -0.119. The standard InChI is InChI=1S/C26H26N2O7/c1-17-4-7-19(8-5-17)27-25(30)16-35-26(31)18-6-13-22(23(14-18)33-3)34-15-24(29)28-20-9-11-21(32-2)12-10-20/h4-14H,15-16H2,1-3H3,(H,27,30)(H,28,29). The molecule has 0 atom stereocenters. The Morgan fingerprint density at radius 1 is 0.714 bits per heavy atom. The van der Waals surface area contributed by atoms with Crippen LogP contribution in [0.3, 0.4) is 0 Å². The number of esters is 1. The summed E-state index contributed by atoms with van der Waals surface area (Å²) in [4.78, 5) is 36.6. The van der Waals surface area contributed by atoms with Gasteiger partial charge in [0.05, 0.1) is 19.8 Å². The third-order valence-corrected chi connectivity index (χ3v) is 4.80. The molecule has 3 rings (SSSR count). The predicted molar refractivity (Wildman–Crippen MR) is 130 cm³/mol. The van der Waals surface area contributed by atoms with Gasteiger partial charge in [0.15, 0.2) is 24.7 Å². The third-order valence-electron chi connectivity index (χ3n) is 4.80. The normalized spacial score (nSPS) is 10.1. The molecule has 0 aliphatic rings. The first kappa shape index (κ1) is 25.1. The molecule has 0 fully saturated rings. The first-order valence-electron chi connectivity index (χ1n) is 10.7. The average molecular weight is 479 g/mol. The number of carbonyl (C=O) groups is 3. The minimum absolute atomic E-state index is 0.167. The predicted octanol–water partition coefficient (Wildman–Crippen LogP) is 3.83. The van der Waals surface area contributed by atoms with Gasteiger partial charge in [-0.25, -0.2) is 4.79 Å². The molecule has 0 radical (unpaired) electrons. The van der Waals surface area contributed by atoms with Gasteiger partial charge < -0.3 is 29.6 Å². The molecule has 3 aromatic carbocycles. The number of nitrogens with one attached hydrogen (secondary N) is 2. The summed E-state index contributed by atoms with van der Waals surface area (Å²) in [5, 5.41) is 5.36. The second kappa shape index (κ2) is 12.1.